The van der Waals surface area contributed by atoms with Crippen molar-refractivity contribution in [3.8, 4) is 17.5 Å². The van der Waals surface area contributed by atoms with E-state index in [0.717, 1.165) is 16.7 Å². The molecule has 1 amide bonds. The van der Waals surface area contributed by atoms with Crippen LogP contribution >= 0.6 is 0 Å². The van der Waals surface area contributed by atoms with Crippen molar-refractivity contribution in [3.63, 3.8) is 0 Å². The quantitative estimate of drug-likeness (QED) is 0.327. The Labute approximate surface area is 237 Å². The van der Waals surface area contributed by atoms with Gasteiger partial charge in [0.1, 0.15) is 11.4 Å². The number of rotatable bonds is 4. The minimum Gasteiger partial charge on any atom is -0.342 e. The molecule has 2 aromatic carbocycles. The first-order valence-corrected chi connectivity index (χ1v) is 12.8. The highest BCUT2D eigenvalue weighted by Crippen LogP contribution is 2.22. The van der Waals surface area contributed by atoms with Crippen LogP contribution < -0.4 is 10.9 Å². The van der Waals surface area contributed by atoms with Crippen LogP contribution in [0.2, 0.25) is 0 Å². The molecule has 1 N–H and O–H groups in total. The smallest absolute Gasteiger partial charge is 0.267 e. The van der Waals surface area contributed by atoms with Gasteiger partial charge in [0.2, 0.25) is 0 Å². The normalized spacial score (nSPS) is 11.8. The fourth-order valence-electron chi connectivity index (χ4n) is 4.74. The maximum atomic E-state index is 14.4. The van der Waals surface area contributed by atoms with Crippen molar-refractivity contribution < 1.29 is 13.6 Å². The first kappa shape index (κ1) is 26.5. The molecule has 10 nitrogen and oxygen atoms in total. The number of aryl methyl sites for hydroxylation is 2. The van der Waals surface area contributed by atoms with Crippen molar-refractivity contribution in [1.82, 2.24) is 39.2 Å². The van der Waals surface area contributed by atoms with Gasteiger partial charge in [-0.1, -0.05) is 17.9 Å². The summed E-state index contributed by atoms with van der Waals surface area (Å²) in [5.74, 6) is 3.40. The van der Waals surface area contributed by atoms with Crippen molar-refractivity contribution in [2.24, 2.45) is 7.05 Å². The average molecular weight is 565 g/mol. The van der Waals surface area contributed by atoms with Crippen molar-refractivity contribution >= 4 is 22.5 Å². The number of carbonyl (C=O) groups excluding carboxylic acids is 1. The third kappa shape index (κ3) is 4.66. The highest BCUT2D eigenvalue weighted by molar-refractivity contribution is 6.01. The fourth-order valence-corrected chi connectivity index (χ4v) is 4.74. The maximum Gasteiger partial charge on any atom is 0.267 e. The number of amides is 1. The number of nitrogens with one attached hydrogen (secondary N) is 1. The summed E-state index contributed by atoms with van der Waals surface area (Å²) in [7, 11) is 1.77. The molecule has 0 unspecified atom stereocenters. The summed E-state index contributed by atoms with van der Waals surface area (Å²) in [5, 5.41) is 11.5. The van der Waals surface area contributed by atoms with Crippen molar-refractivity contribution in [3.05, 3.63) is 117 Å². The van der Waals surface area contributed by atoms with Gasteiger partial charge in [-0.05, 0) is 44.2 Å². The van der Waals surface area contributed by atoms with Gasteiger partial charge in [-0.3, -0.25) is 18.8 Å². The number of benzene rings is 2. The number of hydrogen-bond acceptors (Lipinski definition) is 6. The molecule has 42 heavy (non-hydrogen) atoms. The summed E-state index contributed by atoms with van der Waals surface area (Å²) in [5.41, 5.74) is 1.91. The van der Waals surface area contributed by atoms with Crippen LogP contribution in [0.25, 0.3) is 22.2 Å². The van der Waals surface area contributed by atoms with E-state index in [9.17, 15) is 18.4 Å². The SMILES string of the molecule is Cc1nn2cccnc2c1C(=O)N[C@H](C)c1nc2cccc(C#Cc3cnn(C)c3)c2c(=O)n1-c1ccc(F)c(F)c1. The van der Waals surface area contributed by atoms with E-state index < -0.39 is 29.1 Å². The van der Waals surface area contributed by atoms with Gasteiger partial charge in [0, 0.05) is 37.3 Å². The molecule has 6 rings (SSSR count). The van der Waals surface area contributed by atoms with Crippen molar-refractivity contribution in [2.45, 2.75) is 19.9 Å². The highest BCUT2D eigenvalue weighted by Gasteiger charge is 2.25. The Hall–Kier alpha value is -5.70. The lowest BCUT2D eigenvalue weighted by Crippen LogP contribution is -2.33. The van der Waals surface area contributed by atoms with E-state index in [1.54, 1.807) is 74.6 Å². The van der Waals surface area contributed by atoms with Crippen LogP contribution in [0.5, 0.6) is 0 Å². The zero-order chi connectivity index (χ0) is 29.5. The second kappa shape index (κ2) is 10.4. The van der Waals surface area contributed by atoms with E-state index in [4.69, 9.17) is 4.98 Å². The van der Waals surface area contributed by atoms with Gasteiger partial charge >= 0.3 is 0 Å². The third-order valence-corrected chi connectivity index (χ3v) is 6.66. The molecule has 4 heterocycles. The number of carbonyl (C=O) groups is 1. The van der Waals surface area contributed by atoms with E-state index in [0.29, 0.717) is 28.0 Å². The number of fused-ring (bicyclic) bond motifs is 2. The van der Waals surface area contributed by atoms with E-state index in [2.05, 4.69) is 32.3 Å². The molecule has 0 aliphatic carbocycles. The minimum absolute atomic E-state index is 0.0354. The zero-order valence-corrected chi connectivity index (χ0v) is 22.6. The van der Waals surface area contributed by atoms with E-state index >= 15 is 0 Å². The molecule has 0 saturated heterocycles. The number of halogens is 2. The Bertz CT molecular complexity index is 2150. The van der Waals surface area contributed by atoms with Gasteiger partial charge in [0.15, 0.2) is 17.3 Å². The first-order valence-electron chi connectivity index (χ1n) is 12.8. The van der Waals surface area contributed by atoms with Crippen LogP contribution in [-0.2, 0) is 7.05 Å². The Morgan fingerprint density at radius 3 is 2.69 bits per heavy atom. The lowest BCUT2D eigenvalue weighted by Gasteiger charge is -2.20. The molecule has 6 aromatic rings. The van der Waals surface area contributed by atoms with Gasteiger partial charge < -0.3 is 5.32 Å². The molecular formula is C30H22F2N8O2. The summed E-state index contributed by atoms with van der Waals surface area (Å²) < 4.78 is 32.5. The number of aromatic nitrogens is 7. The highest BCUT2D eigenvalue weighted by atomic mass is 19.2. The van der Waals surface area contributed by atoms with Crippen LogP contribution in [0, 0.1) is 30.4 Å². The second-order valence-electron chi connectivity index (χ2n) is 9.60. The van der Waals surface area contributed by atoms with Crippen LogP contribution in [0.1, 0.15) is 46.0 Å². The summed E-state index contributed by atoms with van der Waals surface area (Å²) in [4.78, 5) is 36.5. The molecule has 1 atom stereocenters. The lowest BCUT2D eigenvalue weighted by molar-refractivity contribution is 0.0938. The molecule has 0 radical (unpaired) electrons. The summed E-state index contributed by atoms with van der Waals surface area (Å²) in [6, 6.07) is 8.99. The molecular weight excluding hydrogens is 542 g/mol. The second-order valence-corrected chi connectivity index (χ2v) is 9.60. The zero-order valence-electron chi connectivity index (χ0n) is 22.6. The molecule has 0 saturated carbocycles. The fraction of sp³-hybridized carbons (Fsp3) is 0.133. The van der Waals surface area contributed by atoms with Crippen LogP contribution in [-0.4, -0.2) is 39.8 Å². The Kier molecular flexibility index (Phi) is 6.54. The molecule has 0 spiro atoms. The predicted octanol–water partition coefficient (Wildman–Crippen LogP) is 3.64. The Balaban J connectivity index is 1.50. The van der Waals surface area contributed by atoms with Gasteiger partial charge in [0.25, 0.3) is 11.5 Å². The molecule has 0 aliphatic rings. The first-order chi connectivity index (χ1) is 20.2. The number of nitrogens with zero attached hydrogens (tertiary/aromatic N) is 7. The standard InChI is InChI=1S/C30H22F2N8O2/c1-17-25(28-33-12-5-13-39(28)37-17)29(41)35-18(2)27-36-24-7-4-6-20(9-8-19-15-34-38(3)16-19)26(24)30(42)40(27)21-10-11-22(31)23(32)14-21/h4-7,10-16,18H,1-3H3,(H,35,41)/t18-/m1/s1. The van der Waals surface area contributed by atoms with E-state index in [-0.39, 0.29) is 22.5 Å². The van der Waals surface area contributed by atoms with Crippen LogP contribution in [0.15, 0.2) is 72.0 Å². The monoisotopic (exact) mass is 564 g/mol. The lowest BCUT2D eigenvalue weighted by atomic mass is 10.1. The topological polar surface area (TPSA) is 112 Å². The summed E-state index contributed by atoms with van der Waals surface area (Å²) in [6.07, 6.45) is 6.56. The molecule has 4 aromatic heterocycles. The maximum absolute atomic E-state index is 14.4. The Morgan fingerprint density at radius 1 is 1.10 bits per heavy atom. The van der Waals surface area contributed by atoms with Gasteiger partial charge in [-0.25, -0.2) is 23.3 Å². The molecule has 12 heteroatoms. The minimum atomic E-state index is -1.14. The largest absolute Gasteiger partial charge is 0.342 e. The number of hydrogen-bond donors (Lipinski definition) is 1. The van der Waals surface area contributed by atoms with Crippen molar-refractivity contribution in [2.75, 3.05) is 0 Å². The average Bonchev–Trinajstić information content (AvgIpc) is 3.54. The third-order valence-electron chi connectivity index (χ3n) is 6.66. The van der Waals surface area contributed by atoms with Gasteiger partial charge in [-0.2, -0.15) is 10.2 Å². The van der Waals surface area contributed by atoms with E-state index in [1.165, 1.54) is 10.6 Å². The van der Waals surface area contributed by atoms with Crippen molar-refractivity contribution in [1.29, 1.82) is 0 Å². The summed E-state index contributed by atoms with van der Waals surface area (Å²) >= 11 is 0. The van der Waals surface area contributed by atoms with Crippen LogP contribution in [0.3, 0.4) is 0 Å². The Morgan fingerprint density at radius 2 is 1.93 bits per heavy atom. The molecule has 0 bridgehead atoms. The summed E-state index contributed by atoms with van der Waals surface area (Å²) in [6.45, 7) is 3.33. The molecule has 0 aliphatic heterocycles. The van der Waals surface area contributed by atoms with Gasteiger partial charge in [0.05, 0.1) is 40.1 Å². The van der Waals surface area contributed by atoms with E-state index in [1.807, 2.05) is 0 Å². The predicted molar refractivity (Wildman–Crippen MR) is 150 cm³/mol. The molecule has 0 fully saturated rings. The molecule has 208 valence electrons. The van der Waals surface area contributed by atoms with Gasteiger partial charge in [-0.15, -0.1) is 0 Å². The van der Waals surface area contributed by atoms with Crippen LogP contribution in [0.4, 0.5) is 8.78 Å².